The van der Waals surface area contributed by atoms with Gasteiger partial charge in [-0.25, -0.2) is 4.79 Å². The molecule has 0 heterocycles. The van der Waals surface area contributed by atoms with Gasteiger partial charge >= 0.3 is 12.0 Å². The molecule has 5 rings (SSSR count). The number of urea groups is 1. The molecule has 2 N–H and O–H groups in total. The van der Waals surface area contributed by atoms with Crippen LogP contribution in [0.25, 0.3) is 0 Å². The molecule has 0 spiro atoms. The second kappa shape index (κ2) is 7.57. The number of rotatable bonds is 4. The van der Waals surface area contributed by atoms with Gasteiger partial charge in [0, 0.05) is 6.04 Å². The Labute approximate surface area is 154 Å². The lowest BCUT2D eigenvalue weighted by Crippen LogP contribution is -2.49. The zero-order chi connectivity index (χ0) is 18.1. The van der Waals surface area contributed by atoms with Gasteiger partial charge in [-0.05, 0) is 68.6 Å². The van der Waals surface area contributed by atoms with Crippen LogP contribution in [-0.4, -0.2) is 30.6 Å². The predicted molar refractivity (Wildman–Crippen MR) is 95.0 cm³/mol. The molecule has 0 atom stereocenters. The molecule has 5 fully saturated rings. The fourth-order valence-corrected chi connectivity index (χ4v) is 6.17. The first-order valence-corrected chi connectivity index (χ1v) is 10.4. The first-order chi connectivity index (χ1) is 12.6. The van der Waals surface area contributed by atoms with Crippen molar-refractivity contribution >= 4 is 17.9 Å². The van der Waals surface area contributed by atoms with E-state index in [9.17, 15) is 14.4 Å². The number of hydrogen-bond donors (Lipinski definition) is 2. The van der Waals surface area contributed by atoms with E-state index in [-0.39, 0.29) is 24.5 Å². The Hall–Kier alpha value is -1.59. The van der Waals surface area contributed by atoms with Crippen LogP contribution in [0.2, 0.25) is 0 Å². The van der Waals surface area contributed by atoms with E-state index in [0.717, 1.165) is 63.2 Å². The summed E-state index contributed by atoms with van der Waals surface area (Å²) in [6.07, 6.45) is 11.3. The maximum Gasteiger partial charge on any atom is 0.321 e. The Morgan fingerprint density at radius 2 is 1.46 bits per heavy atom. The molecular weight excluding hydrogens is 332 g/mol. The topological polar surface area (TPSA) is 84.5 Å². The van der Waals surface area contributed by atoms with Crippen LogP contribution in [-0.2, 0) is 14.3 Å². The first-order valence-electron chi connectivity index (χ1n) is 10.4. The number of imide groups is 1. The van der Waals surface area contributed by atoms with Crippen molar-refractivity contribution in [3.8, 4) is 0 Å². The van der Waals surface area contributed by atoms with Gasteiger partial charge in [0.05, 0.1) is 5.92 Å². The number of carbonyl (C=O) groups excluding carboxylic acids is 3. The number of amides is 3. The molecule has 0 aliphatic heterocycles. The number of carbonyl (C=O) groups is 3. The van der Waals surface area contributed by atoms with Crippen molar-refractivity contribution in [2.45, 2.75) is 70.3 Å². The van der Waals surface area contributed by atoms with Crippen LogP contribution < -0.4 is 10.6 Å². The minimum Gasteiger partial charge on any atom is -0.455 e. The molecule has 0 aromatic rings. The molecule has 26 heavy (non-hydrogen) atoms. The summed E-state index contributed by atoms with van der Waals surface area (Å²) in [7, 11) is 0. The molecule has 5 saturated carbocycles. The highest BCUT2D eigenvalue weighted by Gasteiger charge is 2.51. The van der Waals surface area contributed by atoms with E-state index >= 15 is 0 Å². The molecule has 0 aromatic heterocycles. The van der Waals surface area contributed by atoms with E-state index in [4.69, 9.17) is 4.74 Å². The van der Waals surface area contributed by atoms with Gasteiger partial charge in [0.1, 0.15) is 0 Å². The van der Waals surface area contributed by atoms with E-state index in [1.165, 1.54) is 12.8 Å². The van der Waals surface area contributed by atoms with Crippen LogP contribution >= 0.6 is 0 Å². The van der Waals surface area contributed by atoms with Gasteiger partial charge < -0.3 is 10.1 Å². The summed E-state index contributed by atoms with van der Waals surface area (Å²) in [5.41, 5.74) is 0. The highest BCUT2D eigenvalue weighted by molar-refractivity contribution is 5.95. The fraction of sp³-hybridized carbons (Fsp3) is 0.850. The highest BCUT2D eigenvalue weighted by Crippen LogP contribution is 2.56. The third-order valence-electron chi connectivity index (χ3n) is 7.04. The summed E-state index contributed by atoms with van der Waals surface area (Å²) in [6.45, 7) is -0.361. The molecule has 5 aliphatic rings. The molecule has 144 valence electrons. The van der Waals surface area contributed by atoms with Gasteiger partial charge in [0.15, 0.2) is 6.61 Å². The summed E-state index contributed by atoms with van der Waals surface area (Å²) < 4.78 is 5.29. The van der Waals surface area contributed by atoms with Crippen molar-refractivity contribution in [1.82, 2.24) is 10.6 Å². The second-order valence-electron chi connectivity index (χ2n) is 8.92. The van der Waals surface area contributed by atoms with E-state index in [2.05, 4.69) is 10.6 Å². The molecule has 0 radical (unpaired) electrons. The summed E-state index contributed by atoms with van der Waals surface area (Å²) in [4.78, 5) is 36.4. The zero-order valence-corrected chi connectivity index (χ0v) is 15.4. The van der Waals surface area contributed by atoms with Crippen molar-refractivity contribution in [3.05, 3.63) is 0 Å². The van der Waals surface area contributed by atoms with Gasteiger partial charge in [-0.1, -0.05) is 19.3 Å². The van der Waals surface area contributed by atoms with Gasteiger partial charge in [-0.3, -0.25) is 14.9 Å². The standard InChI is InChI=1S/C20H30N2O4/c23-17(22-20(25)21-16-4-2-1-3-5-16)11-26-19(24)18-14-7-12-6-13(9-14)10-15(18)8-12/h12-16,18H,1-11H2,(H2,21,22,23,25). The average Bonchev–Trinajstić information content (AvgIpc) is 2.60. The first kappa shape index (κ1) is 17.8. The molecular formula is C20H30N2O4. The van der Waals surface area contributed by atoms with Gasteiger partial charge in [0.2, 0.25) is 0 Å². The van der Waals surface area contributed by atoms with Crippen molar-refractivity contribution in [2.75, 3.05) is 6.61 Å². The van der Waals surface area contributed by atoms with Gasteiger partial charge in [-0.2, -0.15) is 0 Å². The minimum absolute atomic E-state index is 0.0355. The summed E-state index contributed by atoms with van der Waals surface area (Å²) in [6, 6.07) is -0.334. The van der Waals surface area contributed by atoms with Gasteiger partial charge in [-0.15, -0.1) is 0 Å². The van der Waals surface area contributed by atoms with Crippen molar-refractivity contribution in [3.63, 3.8) is 0 Å². The van der Waals surface area contributed by atoms with Crippen molar-refractivity contribution in [1.29, 1.82) is 0 Å². The molecule has 3 amide bonds. The van der Waals surface area contributed by atoms with Crippen LogP contribution in [0, 0.1) is 29.6 Å². The van der Waals surface area contributed by atoms with Crippen LogP contribution in [0.1, 0.15) is 64.2 Å². The predicted octanol–water partition coefficient (Wildman–Crippen LogP) is 2.76. The van der Waals surface area contributed by atoms with Gasteiger partial charge in [0.25, 0.3) is 5.91 Å². The summed E-state index contributed by atoms with van der Waals surface area (Å²) in [5, 5.41) is 5.12. The van der Waals surface area contributed by atoms with Crippen LogP contribution in [0.15, 0.2) is 0 Å². The molecule has 6 heteroatoms. The quantitative estimate of drug-likeness (QED) is 0.753. The normalized spacial score (nSPS) is 35.8. The summed E-state index contributed by atoms with van der Waals surface area (Å²) >= 11 is 0. The molecule has 6 nitrogen and oxygen atoms in total. The summed E-state index contributed by atoms with van der Waals surface area (Å²) in [5.74, 6) is 1.67. The smallest absolute Gasteiger partial charge is 0.321 e. The largest absolute Gasteiger partial charge is 0.455 e. The van der Waals surface area contributed by atoms with E-state index in [1.54, 1.807) is 0 Å². The molecule has 5 aliphatic carbocycles. The molecule has 0 saturated heterocycles. The van der Waals surface area contributed by atoms with Crippen LogP contribution in [0.5, 0.6) is 0 Å². The van der Waals surface area contributed by atoms with Crippen molar-refractivity contribution < 1.29 is 19.1 Å². The molecule has 4 bridgehead atoms. The molecule has 0 aromatic carbocycles. The van der Waals surface area contributed by atoms with Crippen LogP contribution in [0.4, 0.5) is 4.79 Å². The third-order valence-corrected chi connectivity index (χ3v) is 7.04. The number of hydrogen-bond acceptors (Lipinski definition) is 4. The zero-order valence-electron chi connectivity index (χ0n) is 15.4. The number of nitrogens with one attached hydrogen (secondary N) is 2. The average molecular weight is 362 g/mol. The lowest BCUT2D eigenvalue weighted by atomic mass is 9.52. The van der Waals surface area contributed by atoms with Crippen molar-refractivity contribution in [2.24, 2.45) is 29.6 Å². The minimum atomic E-state index is -0.546. The Bertz CT molecular complexity index is 542. The maximum absolute atomic E-state index is 12.5. The number of ether oxygens (including phenoxy) is 1. The maximum atomic E-state index is 12.5. The Morgan fingerprint density at radius 1 is 0.846 bits per heavy atom. The SMILES string of the molecule is O=C(COC(=O)C1C2CC3CC(C2)CC1C3)NC(=O)NC1CCCCC1. The second-order valence-corrected chi connectivity index (χ2v) is 8.92. The lowest BCUT2D eigenvalue weighted by molar-refractivity contribution is -0.164. The highest BCUT2D eigenvalue weighted by atomic mass is 16.5. The number of esters is 1. The Kier molecular flexibility index (Phi) is 5.18. The molecule has 0 unspecified atom stereocenters. The van der Waals surface area contributed by atoms with E-state index in [0.29, 0.717) is 11.8 Å². The van der Waals surface area contributed by atoms with E-state index in [1.807, 2.05) is 0 Å². The Balaban J connectivity index is 1.20. The fourth-order valence-electron chi connectivity index (χ4n) is 6.17. The lowest BCUT2D eigenvalue weighted by Gasteiger charge is -2.53. The Morgan fingerprint density at radius 3 is 2.08 bits per heavy atom. The third kappa shape index (κ3) is 3.89. The van der Waals surface area contributed by atoms with Crippen LogP contribution in [0.3, 0.4) is 0 Å². The van der Waals surface area contributed by atoms with E-state index < -0.39 is 11.9 Å². The monoisotopic (exact) mass is 362 g/mol.